The van der Waals surface area contributed by atoms with E-state index in [1.807, 2.05) is 0 Å². The van der Waals surface area contributed by atoms with Gasteiger partial charge in [-0.2, -0.15) is 0 Å². The van der Waals surface area contributed by atoms with Crippen molar-refractivity contribution in [1.29, 1.82) is 0 Å². The first-order valence-corrected chi connectivity index (χ1v) is 5.92. The Morgan fingerprint density at radius 3 is 2.40 bits per heavy atom. The van der Waals surface area contributed by atoms with Crippen LogP contribution in [0, 0.1) is 5.92 Å². The molecule has 0 spiro atoms. The lowest BCUT2D eigenvalue weighted by Crippen LogP contribution is -2.39. The van der Waals surface area contributed by atoms with Crippen LogP contribution in [0.2, 0.25) is 0 Å². The molecule has 0 aliphatic carbocycles. The molecule has 0 atom stereocenters. The first kappa shape index (κ1) is 9.02. The van der Waals surface area contributed by atoms with Gasteiger partial charge in [0.15, 0.2) is 0 Å². The summed E-state index contributed by atoms with van der Waals surface area (Å²) in [6.07, 6.45) is 6.48. The average molecular weight is 199 g/mol. The number of allylic oxidation sites excluding steroid dienone is 1. The van der Waals surface area contributed by atoms with Crippen molar-refractivity contribution in [2.75, 3.05) is 13.1 Å². The summed E-state index contributed by atoms with van der Waals surface area (Å²) in [5.41, 5.74) is 2.91. The van der Waals surface area contributed by atoms with E-state index >= 15 is 0 Å². The number of fused-ring (bicyclic) bond motifs is 3. The first-order valence-electron chi connectivity index (χ1n) is 5.92. The molecule has 3 aliphatic heterocycles. The van der Waals surface area contributed by atoms with Crippen LogP contribution in [-0.4, -0.2) is 18.0 Å². The number of rotatable bonds is 1. The van der Waals surface area contributed by atoms with Gasteiger partial charge in [0.2, 0.25) is 0 Å². The fraction of sp³-hybridized carbons (Fsp3) is 0.429. The van der Waals surface area contributed by atoms with Gasteiger partial charge in [0.1, 0.15) is 0 Å². The van der Waals surface area contributed by atoms with Crippen molar-refractivity contribution < 1.29 is 0 Å². The van der Waals surface area contributed by atoms with E-state index in [0.717, 1.165) is 5.92 Å². The van der Waals surface area contributed by atoms with Gasteiger partial charge in [-0.1, -0.05) is 30.3 Å². The summed E-state index contributed by atoms with van der Waals surface area (Å²) in [6, 6.07) is 10.7. The largest absolute Gasteiger partial charge is 0.375 e. The molecule has 0 aromatic heterocycles. The second kappa shape index (κ2) is 3.73. The van der Waals surface area contributed by atoms with E-state index in [4.69, 9.17) is 0 Å². The minimum absolute atomic E-state index is 0.963. The van der Waals surface area contributed by atoms with Gasteiger partial charge in [-0.3, -0.25) is 0 Å². The van der Waals surface area contributed by atoms with E-state index in [0.29, 0.717) is 0 Å². The number of nitrogens with zero attached hydrogens (tertiary/aromatic N) is 1. The minimum Gasteiger partial charge on any atom is -0.375 e. The maximum absolute atomic E-state index is 2.56. The molecule has 3 heterocycles. The molecule has 0 N–H and O–H groups in total. The van der Waals surface area contributed by atoms with Crippen molar-refractivity contribution in [3.8, 4) is 0 Å². The van der Waals surface area contributed by atoms with Gasteiger partial charge < -0.3 is 4.90 Å². The molecule has 1 aromatic carbocycles. The quantitative estimate of drug-likeness (QED) is 0.671. The molecular formula is C14H17N. The van der Waals surface area contributed by atoms with Crippen molar-refractivity contribution >= 4 is 6.08 Å². The second-order valence-corrected chi connectivity index (χ2v) is 4.68. The zero-order valence-corrected chi connectivity index (χ0v) is 9.02. The van der Waals surface area contributed by atoms with Gasteiger partial charge in [0.05, 0.1) is 0 Å². The first-order chi connectivity index (χ1) is 7.42. The molecular weight excluding hydrogens is 182 g/mol. The van der Waals surface area contributed by atoms with Crippen LogP contribution in [0.15, 0.2) is 36.0 Å². The minimum atomic E-state index is 0.963. The summed E-state index contributed by atoms with van der Waals surface area (Å²) in [4.78, 5) is 2.56. The fourth-order valence-corrected chi connectivity index (χ4v) is 2.74. The molecule has 78 valence electrons. The van der Waals surface area contributed by atoms with Gasteiger partial charge in [-0.05, 0) is 36.8 Å². The standard InChI is InChI=1S/C14H17N/c1-2-4-12(5-3-1)10-14-11-13-6-8-15(14)9-7-13/h1-5,10,13H,6-9,11H2. The van der Waals surface area contributed by atoms with Crippen LogP contribution >= 0.6 is 0 Å². The summed E-state index contributed by atoms with van der Waals surface area (Å²) in [5, 5.41) is 0. The fourth-order valence-electron chi connectivity index (χ4n) is 2.74. The van der Waals surface area contributed by atoms with Crippen LogP contribution in [0.1, 0.15) is 24.8 Å². The molecule has 1 heteroatoms. The summed E-state index contributed by atoms with van der Waals surface area (Å²) in [7, 11) is 0. The molecule has 0 amide bonds. The highest BCUT2D eigenvalue weighted by molar-refractivity contribution is 5.52. The van der Waals surface area contributed by atoms with Gasteiger partial charge in [0, 0.05) is 18.8 Å². The van der Waals surface area contributed by atoms with E-state index in [1.165, 1.54) is 37.9 Å². The normalized spacial score (nSPS) is 23.7. The lowest BCUT2D eigenvalue weighted by molar-refractivity contribution is 0.163. The molecule has 2 bridgehead atoms. The van der Waals surface area contributed by atoms with Crippen LogP contribution in [0.3, 0.4) is 0 Å². The lowest BCUT2D eigenvalue weighted by Gasteiger charge is -2.42. The van der Waals surface area contributed by atoms with E-state index in [2.05, 4.69) is 41.3 Å². The SMILES string of the molecule is C(=C1CC2CCN1CC2)c1ccccc1. The summed E-state index contributed by atoms with van der Waals surface area (Å²) >= 11 is 0. The number of hydrogen-bond donors (Lipinski definition) is 0. The molecule has 15 heavy (non-hydrogen) atoms. The smallest absolute Gasteiger partial charge is 0.0177 e. The van der Waals surface area contributed by atoms with Crippen LogP contribution in [0.25, 0.3) is 6.08 Å². The van der Waals surface area contributed by atoms with Crippen molar-refractivity contribution in [1.82, 2.24) is 4.90 Å². The zero-order chi connectivity index (χ0) is 10.1. The van der Waals surface area contributed by atoms with E-state index in [9.17, 15) is 0 Å². The highest BCUT2D eigenvalue weighted by Crippen LogP contribution is 2.34. The van der Waals surface area contributed by atoms with Gasteiger partial charge >= 0.3 is 0 Å². The molecule has 3 saturated heterocycles. The number of piperidine rings is 3. The Hall–Kier alpha value is -1.24. The van der Waals surface area contributed by atoms with E-state index < -0.39 is 0 Å². The van der Waals surface area contributed by atoms with Crippen LogP contribution in [-0.2, 0) is 0 Å². The molecule has 1 aromatic rings. The van der Waals surface area contributed by atoms with Crippen LogP contribution < -0.4 is 0 Å². The number of benzene rings is 1. The summed E-state index contributed by atoms with van der Waals surface area (Å²) < 4.78 is 0. The molecule has 1 nitrogen and oxygen atoms in total. The second-order valence-electron chi connectivity index (χ2n) is 4.68. The van der Waals surface area contributed by atoms with Gasteiger partial charge in [-0.25, -0.2) is 0 Å². The van der Waals surface area contributed by atoms with E-state index in [1.54, 1.807) is 5.70 Å². The Balaban J connectivity index is 1.85. The highest BCUT2D eigenvalue weighted by Gasteiger charge is 2.28. The number of hydrogen-bond acceptors (Lipinski definition) is 1. The van der Waals surface area contributed by atoms with Gasteiger partial charge in [-0.15, -0.1) is 0 Å². The van der Waals surface area contributed by atoms with Crippen molar-refractivity contribution in [3.05, 3.63) is 41.6 Å². The molecule has 3 fully saturated rings. The third kappa shape index (κ3) is 1.79. The Bertz CT molecular complexity index is 358. The molecule has 0 saturated carbocycles. The van der Waals surface area contributed by atoms with E-state index in [-0.39, 0.29) is 0 Å². The predicted molar refractivity (Wildman–Crippen MR) is 63.3 cm³/mol. The Morgan fingerprint density at radius 1 is 1.07 bits per heavy atom. The molecule has 4 rings (SSSR count). The monoisotopic (exact) mass is 199 g/mol. The third-order valence-electron chi connectivity index (χ3n) is 3.65. The van der Waals surface area contributed by atoms with Gasteiger partial charge in [0.25, 0.3) is 0 Å². The molecule has 0 unspecified atom stereocenters. The highest BCUT2D eigenvalue weighted by atomic mass is 15.2. The average Bonchev–Trinajstić information content (AvgIpc) is 2.32. The summed E-state index contributed by atoms with van der Waals surface area (Å²) in [6.45, 7) is 2.56. The molecule has 3 aliphatic rings. The predicted octanol–water partition coefficient (Wildman–Crippen LogP) is 3.14. The van der Waals surface area contributed by atoms with Crippen LogP contribution in [0.5, 0.6) is 0 Å². The molecule has 0 radical (unpaired) electrons. The lowest BCUT2D eigenvalue weighted by atomic mass is 9.85. The van der Waals surface area contributed by atoms with Crippen molar-refractivity contribution in [2.45, 2.75) is 19.3 Å². The summed E-state index contributed by atoms with van der Waals surface area (Å²) in [5.74, 6) is 0.963. The third-order valence-corrected chi connectivity index (χ3v) is 3.65. The Kier molecular flexibility index (Phi) is 2.24. The van der Waals surface area contributed by atoms with Crippen molar-refractivity contribution in [2.24, 2.45) is 5.92 Å². The topological polar surface area (TPSA) is 3.24 Å². The van der Waals surface area contributed by atoms with Crippen molar-refractivity contribution in [3.63, 3.8) is 0 Å². The zero-order valence-electron chi connectivity index (χ0n) is 9.02. The Morgan fingerprint density at radius 2 is 1.80 bits per heavy atom. The van der Waals surface area contributed by atoms with Crippen LogP contribution in [0.4, 0.5) is 0 Å². The maximum atomic E-state index is 2.56. The Labute approximate surface area is 91.4 Å². The maximum Gasteiger partial charge on any atom is 0.0177 e.